The number of benzene rings is 4. The van der Waals surface area contributed by atoms with Crippen molar-refractivity contribution in [3.8, 4) is 11.5 Å². The van der Waals surface area contributed by atoms with Crippen molar-refractivity contribution in [3.63, 3.8) is 0 Å². The third kappa shape index (κ3) is 3.68. The van der Waals surface area contributed by atoms with Gasteiger partial charge >= 0.3 is 0 Å². The SMILES string of the molecule is O=C(c1ccccc1)C1(C(=O)c2ccccc2)OC(c2ccccc2)OC1c1ccc2c(c1)OCO2. The molecule has 2 aliphatic heterocycles. The molecule has 36 heavy (non-hydrogen) atoms. The molecule has 0 N–H and O–H groups in total. The predicted molar refractivity (Wildman–Crippen MR) is 131 cm³/mol. The molecule has 0 spiro atoms. The van der Waals surface area contributed by atoms with Gasteiger partial charge in [0.1, 0.15) is 6.10 Å². The molecular weight excluding hydrogens is 456 g/mol. The molecule has 1 saturated heterocycles. The molecule has 178 valence electrons. The Morgan fingerprint density at radius 3 is 1.81 bits per heavy atom. The van der Waals surface area contributed by atoms with E-state index in [2.05, 4.69) is 0 Å². The predicted octanol–water partition coefficient (Wildman–Crippen LogP) is 5.71. The number of rotatable bonds is 6. The van der Waals surface area contributed by atoms with Crippen LogP contribution in [0.2, 0.25) is 0 Å². The van der Waals surface area contributed by atoms with E-state index >= 15 is 0 Å². The van der Waals surface area contributed by atoms with Gasteiger partial charge in [0.05, 0.1) is 0 Å². The van der Waals surface area contributed by atoms with Gasteiger partial charge in [0, 0.05) is 16.7 Å². The van der Waals surface area contributed by atoms with Gasteiger partial charge in [-0.25, -0.2) is 0 Å². The monoisotopic (exact) mass is 478 g/mol. The van der Waals surface area contributed by atoms with Crippen molar-refractivity contribution in [3.05, 3.63) is 131 Å². The molecule has 6 rings (SSSR count). The molecule has 1 fully saturated rings. The molecule has 2 unspecified atom stereocenters. The van der Waals surface area contributed by atoms with Crippen LogP contribution in [0.1, 0.15) is 44.2 Å². The second-order valence-corrected chi connectivity index (χ2v) is 8.62. The summed E-state index contributed by atoms with van der Waals surface area (Å²) in [6, 6.07) is 31.9. The second kappa shape index (κ2) is 9.07. The first-order chi connectivity index (χ1) is 17.7. The van der Waals surface area contributed by atoms with Gasteiger partial charge in [-0.2, -0.15) is 0 Å². The first-order valence-electron chi connectivity index (χ1n) is 11.6. The minimum Gasteiger partial charge on any atom is -0.454 e. The first kappa shape index (κ1) is 22.2. The van der Waals surface area contributed by atoms with E-state index < -0.39 is 29.6 Å². The highest BCUT2D eigenvalue weighted by Crippen LogP contribution is 2.51. The average molecular weight is 479 g/mol. The molecular formula is C30H22O6. The van der Waals surface area contributed by atoms with E-state index in [1.54, 1.807) is 66.7 Å². The molecule has 4 aromatic carbocycles. The lowest BCUT2D eigenvalue weighted by molar-refractivity contribution is -0.0768. The summed E-state index contributed by atoms with van der Waals surface area (Å²) in [5.74, 6) is 0.162. The largest absolute Gasteiger partial charge is 0.454 e. The van der Waals surface area contributed by atoms with Crippen molar-refractivity contribution in [2.75, 3.05) is 6.79 Å². The van der Waals surface area contributed by atoms with Gasteiger partial charge in [0.2, 0.25) is 24.0 Å². The maximum Gasteiger partial charge on any atom is 0.231 e. The molecule has 2 heterocycles. The van der Waals surface area contributed by atoms with Crippen LogP contribution in [0.15, 0.2) is 109 Å². The molecule has 0 aromatic heterocycles. The molecule has 2 aliphatic rings. The van der Waals surface area contributed by atoms with Crippen molar-refractivity contribution in [2.24, 2.45) is 0 Å². The fourth-order valence-corrected chi connectivity index (χ4v) is 4.68. The molecule has 6 heteroatoms. The summed E-state index contributed by atoms with van der Waals surface area (Å²) in [6.45, 7) is 0.102. The molecule has 0 radical (unpaired) electrons. The minimum absolute atomic E-state index is 0.102. The van der Waals surface area contributed by atoms with Gasteiger partial charge in [-0.15, -0.1) is 0 Å². The lowest BCUT2D eigenvalue weighted by atomic mass is 9.78. The number of ketones is 2. The molecule has 0 aliphatic carbocycles. The summed E-state index contributed by atoms with van der Waals surface area (Å²) in [6.07, 6.45) is -1.99. The Bertz CT molecular complexity index is 1350. The van der Waals surface area contributed by atoms with Gasteiger partial charge in [-0.3, -0.25) is 9.59 Å². The smallest absolute Gasteiger partial charge is 0.231 e. The zero-order chi connectivity index (χ0) is 24.5. The highest BCUT2D eigenvalue weighted by Gasteiger charge is 2.61. The number of Topliss-reactive ketones (excluding diaryl/α,β-unsaturated/α-hetero) is 2. The lowest BCUT2D eigenvalue weighted by Gasteiger charge is -2.30. The molecule has 0 saturated carbocycles. The number of fused-ring (bicyclic) bond motifs is 1. The highest BCUT2D eigenvalue weighted by atomic mass is 16.7. The van der Waals surface area contributed by atoms with Crippen LogP contribution in [0.5, 0.6) is 11.5 Å². The van der Waals surface area contributed by atoms with Crippen LogP contribution in [-0.4, -0.2) is 24.0 Å². The average Bonchev–Trinajstić information content (AvgIpc) is 3.59. The van der Waals surface area contributed by atoms with Gasteiger partial charge in [0.15, 0.2) is 17.8 Å². The van der Waals surface area contributed by atoms with E-state index in [4.69, 9.17) is 18.9 Å². The summed E-state index contributed by atoms with van der Waals surface area (Å²) in [4.78, 5) is 28.6. The zero-order valence-electron chi connectivity index (χ0n) is 19.2. The number of hydrogen-bond acceptors (Lipinski definition) is 6. The third-order valence-electron chi connectivity index (χ3n) is 6.44. The highest BCUT2D eigenvalue weighted by molar-refractivity contribution is 6.23. The van der Waals surface area contributed by atoms with E-state index in [0.717, 1.165) is 0 Å². The summed E-state index contributed by atoms with van der Waals surface area (Å²) in [7, 11) is 0. The minimum atomic E-state index is -1.98. The van der Waals surface area contributed by atoms with Crippen LogP contribution in [0, 0.1) is 0 Å². The van der Waals surface area contributed by atoms with Crippen molar-refractivity contribution < 1.29 is 28.5 Å². The Kier molecular flexibility index (Phi) is 5.60. The fraction of sp³-hybridized carbons (Fsp3) is 0.133. The van der Waals surface area contributed by atoms with Crippen LogP contribution in [0.25, 0.3) is 0 Å². The second-order valence-electron chi connectivity index (χ2n) is 8.62. The van der Waals surface area contributed by atoms with Crippen molar-refractivity contribution in [1.29, 1.82) is 0 Å². The summed E-state index contributed by atoms with van der Waals surface area (Å²) in [5.41, 5.74) is 0.00412. The fourth-order valence-electron chi connectivity index (χ4n) is 4.68. The maximum absolute atomic E-state index is 14.3. The Morgan fingerprint density at radius 2 is 1.19 bits per heavy atom. The molecule has 0 amide bonds. The lowest BCUT2D eigenvalue weighted by Crippen LogP contribution is -2.50. The number of carbonyl (C=O) groups is 2. The Balaban J connectivity index is 1.55. The van der Waals surface area contributed by atoms with Crippen LogP contribution in [0.4, 0.5) is 0 Å². The molecule has 4 aromatic rings. The summed E-state index contributed by atoms with van der Waals surface area (Å²) in [5, 5.41) is 0. The first-order valence-corrected chi connectivity index (χ1v) is 11.6. The van der Waals surface area contributed by atoms with E-state index in [1.807, 2.05) is 42.5 Å². The van der Waals surface area contributed by atoms with Crippen molar-refractivity contribution >= 4 is 11.6 Å². The van der Waals surface area contributed by atoms with E-state index in [1.165, 1.54) is 0 Å². The van der Waals surface area contributed by atoms with Crippen LogP contribution in [0.3, 0.4) is 0 Å². The maximum atomic E-state index is 14.3. The zero-order valence-corrected chi connectivity index (χ0v) is 19.2. The Labute approximate surface area is 208 Å². The Hall–Kier alpha value is -4.26. The summed E-state index contributed by atoms with van der Waals surface area (Å²) >= 11 is 0. The normalized spacial score (nSPS) is 19.7. The third-order valence-corrected chi connectivity index (χ3v) is 6.44. The van der Waals surface area contributed by atoms with Gasteiger partial charge < -0.3 is 18.9 Å². The molecule has 6 nitrogen and oxygen atoms in total. The van der Waals surface area contributed by atoms with Crippen molar-refractivity contribution in [2.45, 2.75) is 18.0 Å². The van der Waals surface area contributed by atoms with Crippen LogP contribution in [-0.2, 0) is 9.47 Å². The number of ether oxygens (including phenoxy) is 4. The van der Waals surface area contributed by atoms with Gasteiger partial charge in [0.25, 0.3) is 0 Å². The topological polar surface area (TPSA) is 71.1 Å². The van der Waals surface area contributed by atoms with E-state index in [0.29, 0.717) is 33.8 Å². The summed E-state index contributed by atoms with van der Waals surface area (Å²) < 4.78 is 23.9. The van der Waals surface area contributed by atoms with E-state index in [-0.39, 0.29) is 6.79 Å². The van der Waals surface area contributed by atoms with Crippen LogP contribution < -0.4 is 9.47 Å². The molecule has 2 atom stereocenters. The van der Waals surface area contributed by atoms with Gasteiger partial charge in [-0.1, -0.05) is 97.1 Å². The van der Waals surface area contributed by atoms with E-state index in [9.17, 15) is 9.59 Å². The number of hydrogen-bond donors (Lipinski definition) is 0. The standard InChI is InChI=1S/C30H22O6/c31-26(20-10-4-1-5-11-20)30(27(32)21-12-6-2-7-13-21)28(23-16-17-24-25(18-23)34-19-33-24)35-29(36-30)22-14-8-3-9-15-22/h1-18,28-29H,19H2. The Morgan fingerprint density at radius 1 is 0.639 bits per heavy atom. The number of carbonyl (C=O) groups excluding carboxylic acids is 2. The van der Waals surface area contributed by atoms with Crippen LogP contribution >= 0.6 is 0 Å². The van der Waals surface area contributed by atoms with Crippen molar-refractivity contribution in [1.82, 2.24) is 0 Å². The quantitative estimate of drug-likeness (QED) is 0.261. The molecule has 0 bridgehead atoms. The van der Waals surface area contributed by atoms with Gasteiger partial charge in [-0.05, 0) is 17.7 Å².